The highest BCUT2D eigenvalue weighted by Crippen LogP contribution is 2.32. The van der Waals surface area contributed by atoms with Crippen LogP contribution >= 0.6 is 0 Å². The van der Waals surface area contributed by atoms with Crippen molar-refractivity contribution in [2.75, 3.05) is 12.4 Å². The average Bonchev–Trinajstić information content (AvgIpc) is 2.82. The van der Waals surface area contributed by atoms with Gasteiger partial charge in [-0.25, -0.2) is 4.79 Å². The third-order valence-corrected chi connectivity index (χ3v) is 4.91. The number of nitrogens with one attached hydrogen (secondary N) is 1. The first-order valence-electron chi connectivity index (χ1n) is 9.89. The Morgan fingerprint density at radius 3 is 2.64 bits per heavy atom. The molecule has 1 aromatic heterocycles. The molecular weight excluding hydrogens is 424 g/mol. The van der Waals surface area contributed by atoms with Gasteiger partial charge in [-0.2, -0.15) is 0 Å². The summed E-state index contributed by atoms with van der Waals surface area (Å²) in [7, 11) is 1.47. The third-order valence-electron chi connectivity index (χ3n) is 4.91. The fourth-order valence-corrected chi connectivity index (χ4v) is 3.34. The molecule has 0 aliphatic heterocycles. The molecule has 4 aromatic rings. The van der Waals surface area contributed by atoms with Crippen molar-refractivity contribution in [2.45, 2.75) is 0 Å². The second kappa shape index (κ2) is 9.19. The van der Waals surface area contributed by atoms with Crippen LogP contribution in [0.15, 0.2) is 88.1 Å². The van der Waals surface area contributed by atoms with Gasteiger partial charge in [0.1, 0.15) is 11.3 Å². The number of non-ortho nitro benzene ring substituents is 1. The molecule has 0 saturated heterocycles. The second-order valence-electron chi connectivity index (χ2n) is 7.08. The Hall–Kier alpha value is -4.72. The van der Waals surface area contributed by atoms with Crippen molar-refractivity contribution in [3.63, 3.8) is 0 Å². The molecule has 0 bridgehead atoms. The molecule has 33 heavy (non-hydrogen) atoms. The molecule has 0 radical (unpaired) electrons. The topological polar surface area (TPSA) is 112 Å². The number of ether oxygens (including phenoxy) is 1. The lowest BCUT2D eigenvalue weighted by Crippen LogP contribution is -2.08. The van der Waals surface area contributed by atoms with Gasteiger partial charge in [-0.05, 0) is 35.9 Å². The number of benzene rings is 3. The Morgan fingerprint density at radius 1 is 1.03 bits per heavy atom. The summed E-state index contributed by atoms with van der Waals surface area (Å²) in [6, 6.07) is 19.8. The van der Waals surface area contributed by atoms with Crippen molar-refractivity contribution < 1.29 is 18.9 Å². The van der Waals surface area contributed by atoms with Gasteiger partial charge in [0, 0.05) is 40.9 Å². The van der Waals surface area contributed by atoms with E-state index in [-0.39, 0.29) is 5.69 Å². The lowest BCUT2D eigenvalue weighted by molar-refractivity contribution is -0.384. The molecule has 0 saturated carbocycles. The number of carbonyl (C=O) groups excluding carboxylic acids is 1. The summed E-state index contributed by atoms with van der Waals surface area (Å²) in [5.74, 6) is -0.0421. The minimum atomic E-state index is -0.499. The SMILES string of the molecule is COc1cc(NC(=O)C=Cc2cccc([N+](=O)[O-])c2)ccc1-c1cc2ccccc2oc1=O. The molecule has 0 unspecified atom stereocenters. The van der Waals surface area contributed by atoms with Crippen LogP contribution in [0.2, 0.25) is 0 Å². The van der Waals surface area contributed by atoms with E-state index in [0.29, 0.717) is 33.7 Å². The van der Waals surface area contributed by atoms with Gasteiger partial charge in [0.2, 0.25) is 5.91 Å². The van der Waals surface area contributed by atoms with Crippen molar-refractivity contribution in [1.29, 1.82) is 0 Å². The average molecular weight is 442 g/mol. The standard InChI is InChI=1S/C25H18N2O6/c1-32-23-15-18(26-24(28)12-9-16-5-4-7-19(13-16)27(30)31)10-11-20(23)21-14-17-6-2-3-8-22(17)33-25(21)29/h2-15H,1H3,(H,26,28). The van der Waals surface area contributed by atoms with Crippen molar-refractivity contribution in [1.82, 2.24) is 0 Å². The molecule has 0 spiro atoms. The van der Waals surface area contributed by atoms with E-state index in [4.69, 9.17) is 9.15 Å². The third kappa shape index (κ3) is 4.80. The minimum absolute atomic E-state index is 0.0592. The van der Waals surface area contributed by atoms with Gasteiger partial charge in [0.05, 0.1) is 17.6 Å². The first-order valence-corrected chi connectivity index (χ1v) is 9.89. The minimum Gasteiger partial charge on any atom is -0.496 e. The van der Waals surface area contributed by atoms with Crippen LogP contribution in [0.25, 0.3) is 28.2 Å². The Labute approximate surface area is 187 Å². The van der Waals surface area contributed by atoms with E-state index in [9.17, 15) is 19.7 Å². The van der Waals surface area contributed by atoms with Crippen molar-refractivity contribution in [3.05, 3.63) is 105 Å². The first kappa shape index (κ1) is 21.5. The maximum atomic E-state index is 12.5. The zero-order valence-corrected chi connectivity index (χ0v) is 17.5. The van der Waals surface area contributed by atoms with Crippen LogP contribution in [-0.2, 0) is 4.79 Å². The number of anilines is 1. The number of fused-ring (bicyclic) bond motifs is 1. The second-order valence-corrected chi connectivity index (χ2v) is 7.08. The van der Waals surface area contributed by atoms with E-state index in [2.05, 4.69) is 5.32 Å². The zero-order chi connectivity index (χ0) is 23.4. The summed E-state index contributed by atoms with van der Waals surface area (Å²) in [6.07, 6.45) is 2.76. The van der Waals surface area contributed by atoms with Crippen LogP contribution < -0.4 is 15.7 Å². The first-order chi connectivity index (χ1) is 15.9. The van der Waals surface area contributed by atoms with Crippen LogP contribution in [0.1, 0.15) is 5.56 Å². The maximum absolute atomic E-state index is 12.5. The summed E-state index contributed by atoms with van der Waals surface area (Å²) in [5, 5.41) is 14.4. The van der Waals surface area contributed by atoms with E-state index in [1.54, 1.807) is 48.5 Å². The fraction of sp³-hybridized carbons (Fsp3) is 0.0400. The predicted molar refractivity (Wildman–Crippen MR) is 125 cm³/mol. The predicted octanol–water partition coefficient (Wildman–Crippen LogP) is 5.03. The summed E-state index contributed by atoms with van der Waals surface area (Å²) >= 11 is 0. The van der Waals surface area contributed by atoms with Gasteiger partial charge in [-0.1, -0.05) is 30.3 Å². The van der Waals surface area contributed by atoms with Crippen molar-refractivity contribution in [3.8, 4) is 16.9 Å². The van der Waals surface area contributed by atoms with Gasteiger partial charge in [-0.3, -0.25) is 14.9 Å². The summed E-state index contributed by atoms with van der Waals surface area (Å²) < 4.78 is 10.8. The van der Waals surface area contributed by atoms with Crippen LogP contribution in [0.3, 0.4) is 0 Å². The number of nitro groups is 1. The smallest absolute Gasteiger partial charge is 0.344 e. The van der Waals surface area contributed by atoms with Crippen LogP contribution in [0.4, 0.5) is 11.4 Å². The number of hydrogen-bond donors (Lipinski definition) is 1. The van der Waals surface area contributed by atoms with Gasteiger partial charge in [-0.15, -0.1) is 0 Å². The Balaban J connectivity index is 1.57. The molecule has 164 valence electrons. The Bertz CT molecular complexity index is 1460. The fourth-order valence-electron chi connectivity index (χ4n) is 3.34. The molecule has 0 fully saturated rings. The monoisotopic (exact) mass is 442 g/mol. The van der Waals surface area contributed by atoms with Crippen molar-refractivity contribution in [2.24, 2.45) is 0 Å². The molecule has 0 aliphatic rings. The maximum Gasteiger partial charge on any atom is 0.344 e. The van der Waals surface area contributed by atoms with Crippen LogP contribution in [-0.4, -0.2) is 17.9 Å². The van der Waals surface area contributed by atoms with Crippen molar-refractivity contribution >= 4 is 34.3 Å². The van der Waals surface area contributed by atoms with E-state index in [0.717, 1.165) is 5.39 Å². The molecule has 8 heteroatoms. The highest BCUT2D eigenvalue weighted by molar-refractivity contribution is 6.02. The highest BCUT2D eigenvalue weighted by Gasteiger charge is 2.14. The van der Waals surface area contributed by atoms with Gasteiger partial charge >= 0.3 is 5.63 Å². The number of methoxy groups -OCH3 is 1. The van der Waals surface area contributed by atoms with E-state index < -0.39 is 16.5 Å². The molecule has 8 nitrogen and oxygen atoms in total. The quantitative estimate of drug-likeness (QED) is 0.194. The molecule has 0 aliphatic carbocycles. The Morgan fingerprint density at radius 2 is 1.85 bits per heavy atom. The zero-order valence-electron chi connectivity index (χ0n) is 17.5. The molecule has 0 atom stereocenters. The van der Waals surface area contributed by atoms with Gasteiger partial charge in [0.25, 0.3) is 5.69 Å². The molecule has 4 rings (SSSR count). The molecule has 3 aromatic carbocycles. The number of amides is 1. The summed E-state index contributed by atoms with van der Waals surface area (Å²) in [5.41, 5.74) is 1.78. The van der Waals surface area contributed by atoms with Crippen LogP contribution in [0, 0.1) is 10.1 Å². The van der Waals surface area contributed by atoms with Gasteiger partial charge in [0.15, 0.2) is 0 Å². The molecule has 1 heterocycles. The normalized spacial score (nSPS) is 10.9. The lowest BCUT2D eigenvalue weighted by atomic mass is 10.0. The van der Waals surface area contributed by atoms with E-state index in [1.165, 1.54) is 31.4 Å². The Kier molecular flexibility index (Phi) is 5.99. The molecule has 1 N–H and O–H groups in total. The summed E-state index contributed by atoms with van der Waals surface area (Å²) in [4.78, 5) is 35.2. The largest absolute Gasteiger partial charge is 0.496 e. The number of nitro benzene ring substituents is 1. The number of para-hydroxylation sites is 1. The molecular formula is C25H18N2O6. The lowest BCUT2D eigenvalue weighted by Gasteiger charge is -2.11. The number of hydrogen-bond acceptors (Lipinski definition) is 6. The van der Waals surface area contributed by atoms with E-state index >= 15 is 0 Å². The van der Waals surface area contributed by atoms with Gasteiger partial charge < -0.3 is 14.5 Å². The van der Waals surface area contributed by atoms with Crippen LogP contribution in [0.5, 0.6) is 5.75 Å². The highest BCUT2D eigenvalue weighted by atomic mass is 16.6. The molecule has 1 amide bonds. The number of rotatable bonds is 6. The number of carbonyl (C=O) groups is 1. The number of nitrogens with zero attached hydrogens (tertiary/aromatic N) is 1. The van der Waals surface area contributed by atoms with E-state index in [1.807, 2.05) is 12.1 Å². The summed E-state index contributed by atoms with van der Waals surface area (Å²) in [6.45, 7) is 0.